The minimum Gasteiger partial charge on any atom is -0.506 e. The van der Waals surface area contributed by atoms with Gasteiger partial charge in [-0.05, 0) is 35.6 Å². The maximum absolute atomic E-state index is 12.1. The summed E-state index contributed by atoms with van der Waals surface area (Å²) in [5.41, 5.74) is 2.61. The number of allylic oxidation sites excluding steroid dienone is 4. The molecule has 0 fully saturated rings. The summed E-state index contributed by atoms with van der Waals surface area (Å²) in [4.78, 5) is 13.5. The number of aromatic nitrogens is 3. The topological polar surface area (TPSA) is 95.7 Å². The van der Waals surface area contributed by atoms with Crippen LogP contribution in [0.25, 0.3) is 16.7 Å². The maximum Gasteiger partial charge on any atom is 0.330 e. The SMILES string of the molecule is COCCOCCOC(=O)C=CC1C=C(n2nc3ccccc3n2)C(O)=C(C(C)(C)C)C1. The first-order valence-corrected chi connectivity index (χ1v) is 10.7. The van der Waals surface area contributed by atoms with Crippen LogP contribution >= 0.6 is 0 Å². The van der Waals surface area contributed by atoms with Gasteiger partial charge in [-0.3, -0.25) is 0 Å². The van der Waals surface area contributed by atoms with Crippen molar-refractivity contribution in [2.24, 2.45) is 11.3 Å². The van der Waals surface area contributed by atoms with E-state index in [2.05, 4.69) is 10.2 Å². The molecule has 0 saturated heterocycles. The molecule has 0 saturated carbocycles. The molecule has 1 heterocycles. The highest BCUT2D eigenvalue weighted by Crippen LogP contribution is 2.40. The largest absolute Gasteiger partial charge is 0.506 e. The molecule has 0 spiro atoms. The van der Waals surface area contributed by atoms with Gasteiger partial charge in [0.1, 0.15) is 29.1 Å². The summed E-state index contributed by atoms with van der Waals surface area (Å²) < 4.78 is 15.4. The zero-order valence-corrected chi connectivity index (χ0v) is 19.1. The quantitative estimate of drug-likeness (QED) is 0.358. The van der Waals surface area contributed by atoms with E-state index in [1.807, 2.05) is 51.1 Å². The Bertz CT molecular complexity index is 997. The van der Waals surface area contributed by atoms with Crippen LogP contribution in [0, 0.1) is 11.3 Å². The fourth-order valence-electron chi connectivity index (χ4n) is 3.44. The van der Waals surface area contributed by atoms with E-state index in [0.29, 0.717) is 31.9 Å². The molecular formula is C24H31N3O5. The van der Waals surface area contributed by atoms with Crippen LogP contribution in [0.4, 0.5) is 0 Å². The number of carbonyl (C=O) groups is 1. The second-order valence-corrected chi connectivity index (χ2v) is 8.61. The van der Waals surface area contributed by atoms with Gasteiger partial charge in [0.2, 0.25) is 0 Å². The molecule has 1 aromatic carbocycles. The molecule has 32 heavy (non-hydrogen) atoms. The third kappa shape index (κ3) is 6.05. The van der Waals surface area contributed by atoms with Crippen molar-refractivity contribution in [2.75, 3.05) is 33.5 Å². The van der Waals surface area contributed by atoms with Gasteiger partial charge in [0.25, 0.3) is 0 Å². The summed E-state index contributed by atoms with van der Waals surface area (Å²) in [6.07, 6.45) is 5.67. The van der Waals surface area contributed by atoms with E-state index in [0.717, 1.165) is 16.6 Å². The van der Waals surface area contributed by atoms with E-state index in [1.54, 1.807) is 13.2 Å². The van der Waals surface area contributed by atoms with E-state index >= 15 is 0 Å². The van der Waals surface area contributed by atoms with E-state index in [4.69, 9.17) is 14.2 Å². The number of nitrogens with zero attached hydrogens (tertiary/aromatic N) is 3. The summed E-state index contributed by atoms with van der Waals surface area (Å²) in [7, 11) is 1.60. The standard InChI is InChI=1S/C24H31N3O5/c1-24(2,3)18-15-17(9-10-22(28)32-14-13-31-12-11-30-4)16-21(23(18)29)27-25-19-7-5-6-8-20(19)26-27/h5-10,16-17,29H,11-15H2,1-4H3. The van der Waals surface area contributed by atoms with Gasteiger partial charge in [-0.1, -0.05) is 39.0 Å². The van der Waals surface area contributed by atoms with Crippen LogP contribution in [0.3, 0.4) is 0 Å². The van der Waals surface area contributed by atoms with Crippen LogP contribution in [-0.2, 0) is 19.0 Å². The van der Waals surface area contributed by atoms with Crippen molar-refractivity contribution in [3.63, 3.8) is 0 Å². The molecule has 1 aliphatic carbocycles. The fourth-order valence-corrected chi connectivity index (χ4v) is 3.44. The number of hydrogen-bond donors (Lipinski definition) is 1. The lowest BCUT2D eigenvalue weighted by atomic mass is 9.77. The molecule has 8 nitrogen and oxygen atoms in total. The minimum atomic E-state index is -0.436. The Balaban J connectivity index is 1.75. The van der Waals surface area contributed by atoms with Gasteiger partial charge in [-0.15, -0.1) is 15.0 Å². The van der Waals surface area contributed by atoms with Crippen molar-refractivity contribution in [3.8, 4) is 0 Å². The molecule has 8 heteroatoms. The Morgan fingerprint density at radius 2 is 1.81 bits per heavy atom. The molecule has 0 radical (unpaired) electrons. The Labute approximate surface area is 188 Å². The average Bonchev–Trinajstić information content (AvgIpc) is 3.18. The molecular weight excluding hydrogens is 410 g/mol. The van der Waals surface area contributed by atoms with Gasteiger partial charge in [-0.25, -0.2) is 4.79 Å². The fraction of sp³-hybridized carbons (Fsp3) is 0.458. The molecule has 1 aliphatic rings. The third-order valence-electron chi connectivity index (χ3n) is 5.13. The molecule has 1 aromatic heterocycles. The maximum atomic E-state index is 12.1. The Hall–Kier alpha value is -2.97. The molecule has 1 N–H and O–H groups in total. The number of fused-ring (bicyclic) bond motifs is 1. The Morgan fingerprint density at radius 3 is 2.44 bits per heavy atom. The summed E-state index contributed by atoms with van der Waals surface area (Å²) in [6, 6.07) is 7.54. The van der Waals surface area contributed by atoms with Crippen molar-refractivity contribution in [3.05, 3.63) is 53.8 Å². The summed E-state index contributed by atoms with van der Waals surface area (Å²) in [6.45, 7) is 7.60. The highest BCUT2D eigenvalue weighted by Gasteiger charge is 2.30. The Kier molecular flexibility index (Phi) is 7.82. The van der Waals surface area contributed by atoms with Crippen LogP contribution in [-0.4, -0.2) is 59.6 Å². The first-order chi connectivity index (χ1) is 15.3. The predicted octanol–water partition coefficient (Wildman–Crippen LogP) is 3.91. The number of methoxy groups -OCH3 is 1. The van der Waals surface area contributed by atoms with Gasteiger partial charge in [0.05, 0.1) is 19.8 Å². The normalized spacial score (nSPS) is 17.2. The van der Waals surface area contributed by atoms with Crippen LogP contribution in [0.2, 0.25) is 0 Å². The molecule has 172 valence electrons. The monoisotopic (exact) mass is 441 g/mol. The number of aliphatic hydroxyl groups excluding tert-OH is 1. The lowest BCUT2D eigenvalue weighted by molar-refractivity contribution is -0.139. The first kappa shape index (κ1) is 23.7. The molecule has 1 atom stereocenters. The molecule has 0 amide bonds. The van der Waals surface area contributed by atoms with Crippen molar-refractivity contribution < 1.29 is 24.1 Å². The number of esters is 1. The van der Waals surface area contributed by atoms with Crippen molar-refractivity contribution in [2.45, 2.75) is 27.2 Å². The number of rotatable bonds is 9. The van der Waals surface area contributed by atoms with E-state index in [1.165, 1.54) is 10.9 Å². The highest BCUT2D eigenvalue weighted by atomic mass is 16.6. The summed E-state index contributed by atoms with van der Waals surface area (Å²) >= 11 is 0. The second kappa shape index (κ2) is 10.6. The number of benzene rings is 1. The van der Waals surface area contributed by atoms with Gasteiger partial charge < -0.3 is 19.3 Å². The van der Waals surface area contributed by atoms with Crippen molar-refractivity contribution in [1.82, 2.24) is 15.0 Å². The van der Waals surface area contributed by atoms with E-state index in [9.17, 15) is 9.90 Å². The summed E-state index contributed by atoms with van der Waals surface area (Å²) in [5.74, 6) is -0.373. The third-order valence-corrected chi connectivity index (χ3v) is 5.13. The predicted molar refractivity (Wildman–Crippen MR) is 122 cm³/mol. The van der Waals surface area contributed by atoms with Crippen LogP contribution in [0.15, 0.2) is 53.8 Å². The lowest BCUT2D eigenvalue weighted by Crippen LogP contribution is -2.21. The zero-order valence-electron chi connectivity index (χ0n) is 19.1. The zero-order chi connectivity index (χ0) is 23.1. The van der Waals surface area contributed by atoms with Gasteiger partial charge >= 0.3 is 5.97 Å². The van der Waals surface area contributed by atoms with Crippen LogP contribution in [0.5, 0.6) is 0 Å². The van der Waals surface area contributed by atoms with Crippen LogP contribution < -0.4 is 0 Å². The number of hydrogen-bond acceptors (Lipinski definition) is 7. The van der Waals surface area contributed by atoms with E-state index in [-0.39, 0.29) is 23.7 Å². The minimum absolute atomic E-state index is 0.116. The lowest BCUT2D eigenvalue weighted by Gasteiger charge is -2.30. The van der Waals surface area contributed by atoms with Gasteiger partial charge in [0.15, 0.2) is 0 Å². The first-order valence-electron chi connectivity index (χ1n) is 10.7. The summed E-state index contributed by atoms with van der Waals surface area (Å²) in [5, 5.41) is 20.0. The van der Waals surface area contributed by atoms with Crippen molar-refractivity contribution in [1.29, 1.82) is 0 Å². The number of aliphatic hydroxyl groups is 1. The molecule has 2 aromatic rings. The number of carbonyl (C=O) groups excluding carboxylic acids is 1. The Morgan fingerprint density at radius 1 is 1.16 bits per heavy atom. The molecule has 1 unspecified atom stereocenters. The van der Waals surface area contributed by atoms with Gasteiger partial charge in [0, 0.05) is 19.1 Å². The van der Waals surface area contributed by atoms with Crippen LogP contribution in [0.1, 0.15) is 27.2 Å². The molecule has 0 aliphatic heterocycles. The molecule has 3 rings (SSSR count). The smallest absolute Gasteiger partial charge is 0.330 e. The number of ether oxygens (including phenoxy) is 3. The van der Waals surface area contributed by atoms with Gasteiger partial charge in [-0.2, -0.15) is 0 Å². The van der Waals surface area contributed by atoms with Crippen molar-refractivity contribution >= 4 is 22.7 Å². The second-order valence-electron chi connectivity index (χ2n) is 8.61. The highest BCUT2D eigenvalue weighted by molar-refractivity contribution is 5.82. The molecule has 0 bridgehead atoms. The van der Waals surface area contributed by atoms with E-state index < -0.39 is 5.97 Å². The average molecular weight is 442 g/mol.